The van der Waals surface area contributed by atoms with Gasteiger partial charge in [0, 0.05) is 25.2 Å². The number of nitrogens with zero attached hydrogens (tertiary/aromatic N) is 2. The highest BCUT2D eigenvalue weighted by molar-refractivity contribution is 9.10. The summed E-state index contributed by atoms with van der Waals surface area (Å²) in [6.45, 7) is 2.67. The van der Waals surface area contributed by atoms with Crippen molar-refractivity contribution in [3.63, 3.8) is 0 Å². The van der Waals surface area contributed by atoms with Crippen molar-refractivity contribution in [3.05, 3.63) is 16.4 Å². The first kappa shape index (κ1) is 11.2. The number of nitrogens with one attached hydrogen (secondary N) is 1. The summed E-state index contributed by atoms with van der Waals surface area (Å²) < 4.78 is 5.55. The summed E-state index contributed by atoms with van der Waals surface area (Å²) in [5.41, 5.74) is 0. The summed E-state index contributed by atoms with van der Waals surface area (Å²) in [4.78, 5) is 14.0. The predicted octanol–water partition coefficient (Wildman–Crippen LogP) is 1.26. The van der Waals surface area contributed by atoms with Crippen LogP contribution in [0.25, 0.3) is 0 Å². The minimum absolute atomic E-state index is 0.0599. The van der Waals surface area contributed by atoms with E-state index >= 15 is 0 Å². The molecule has 0 radical (unpaired) electrons. The van der Waals surface area contributed by atoms with E-state index in [0.29, 0.717) is 16.4 Å². The Labute approximate surface area is 108 Å². The van der Waals surface area contributed by atoms with Crippen LogP contribution in [0.5, 0.6) is 0 Å². The molecule has 3 rings (SSSR count). The summed E-state index contributed by atoms with van der Waals surface area (Å²) in [6.07, 6.45) is 2.32. The Morgan fingerprint density at radius 3 is 3.24 bits per heavy atom. The van der Waals surface area contributed by atoms with Gasteiger partial charge in [-0.15, -0.1) is 0 Å². The predicted molar refractivity (Wildman–Crippen MR) is 64.6 cm³/mol. The second kappa shape index (κ2) is 4.42. The molecule has 0 saturated carbocycles. The SMILES string of the molecule is O=C(c1cc(Br)no1)N1CCC2CCNC2C1. The van der Waals surface area contributed by atoms with Gasteiger partial charge in [-0.05, 0) is 41.2 Å². The summed E-state index contributed by atoms with van der Waals surface area (Å²) in [7, 11) is 0. The van der Waals surface area contributed by atoms with E-state index in [2.05, 4.69) is 26.4 Å². The molecule has 2 saturated heterocycles. The van der Waals surface area contributed by atoms with E-state index in [1.54, 1.807) is 6.07 Å². The van der Waals surface area contributed by atoms with Crippen LogP contribution in [0.3, 0.4) is 0 Å². The topological polar surface area (TPSA) is 58.4 Å². The van der Waals surface area contributed by atoms with Gasteiger partial charge in [-0.25, -0.2) is 0 Å². The molecule has 2 unspecified atom stereocenters. The van der Waals surface area contributed by atoms with Crippen LogP contribution < -0.4 is 5.32 Å². The molecule has 2 atom stereocenters. The summed E-state index contributed by atoms with van der Waals surface area (Å²) in [6, 6.07) is 2.08. The largest absolute Gasteiger partial charge is 0.350 e. The number of likely N-dealkylation sites (tertiary alicyclic amines) is 1. The Hall–Kier alpha value is -0.880. The highest BCUT2D eigenvalue weighted by Crippen LogP contribution is 2.26. The van der Waals surface area contributed by atoms with Crippen LogP contribution in [-0.4, -0.2) is 41.6 Å². The van der Waals surface area contributed by atoms with Gasteiger partial charge in [0.05, 0.1) is 0 Å². The van der Waals surface area contributed by atoms with E-state index in [1.165, 1.54) is 6.42 Å². The van der Waals surface area contributed by atoms with Crippen LogP contribution in [0.15, 0.2) is 15.2 Å². The molecule has 2 aliphatic heterocycles. The molecule has 1 amide bonds. The highest BCUT2D eigenvalue weighted by atomic mass is 79.9. The number of aromatic nitrogens is 1. The fourth-order valence-corrected chi connectivity index (χ4v) is 3.01. The maximum atomic E-state index is 12.1. The van der Waals surface area contributed by atoms with Crippen molar-refractivity contribution in [1.29, 1.82) is 0 Å². The van der Waals surface area contributed by atoms with Crippen molar-refractivity contribution >= 4 is 21.8 Å². The molecule has 92 valence electrons. The van der Waals surface area contributed by atoms with Crippen molar-refractivity contribution in [2.45, 2.75) is 18.9 Å². The molecule has 1 aromatic heterocycles. The third-order valence-corrected chi connectivity index (χ3v) is 4.03. The third-order valence-electron chi connectivity index (χ3n) is 3.66. The van der Waals surface area contributed by atoms with E-state index in [0.717, 1.165) is 32.0 Å². The van der Waals surface area contributed by atoms with Crippen molar-refractivity contribution in [1.82, 2.24) is 15.4 Å². The van der Waals surface area contributed by atoms with Gasteiger partial charge in [0.1, 0.15) is 4.60 Å². The van der Waals surface area contributed by atoms with Gasteiger partial charge >= 0.3 is 0 Å². The number of fused-ring (bicyclic) bond motifs is 1. The summed E-state index contributed by atoms with van der Waals surface area (Å²) >= 11 is 3.18. The minimum atomic E-state index is -0.0599. The van der Waals surface area contributed by atoms with E-state index < -0.39 is 0 Å². The van der Waals surface area contributed by atoms with Gasteiger partial charge in [0.2, 0.25) is 5.76 Å². The summed E-state index contributed by atoms with van der Waals surface area (Å²) in [5, 5.41) is 7.13. The van der Waals surface area contributed by atoms with Gasteiger partial charge in [0.25, 0.3) is 5.91 Å². The monoisotopic (exact) mass is 299 g/mol. The molecular formula is C11H14BrN3O2. The lowest BCUT2D eigenvalue weighted by Gasteiger charge is -2.34. The van der Waals surface area contributed by atoms with E-state index in [4.69, 9.17) is 4.52 Å². The Bertz CT molecular complexity index is 434. The van der Waals surface area contributed by atoms with Crippen LogP contribution in [0, 0.1) is 5.92 Å². The van der Waals surface area contributed by atoms with Crippen LogP contribution in [0.2, 0.25) is 0 Å². The molecule has 5 nitrogen and oxygen atoms in total. The Balaban J connectivity index is 1.70. The maximum Gasteiger partial charge on any atom is 0.292 e. The number of carbonyl (C=O) groups is 1. The zero-order chi connectivity index (χ0) is 11.8. The van der Waals surface area contributed by atoms with E-state index in [-0.39, 0.29) is 5.91 Å². The minimum Gasteiger partial charge on any atom is -0.350 e. The third kappa shape index (κ3) is 2.11. The van der Waals surface area contributed by atoms with Crippen LogP contribution in [0.4, 0.5) is 0 Å². The lowest BCUT2D eigenvalue weighted by Crippen LogP contribution is -2.48. The fraction of sp³-hybridized carbons (Fsp3) is 0.636. The van der Waals surface area contributed by atoms with Gasteiger partial charge in [0.15, 0.2) is 0 Å². The van der Waals surface area contributed by atoms with Crippen LogP contribution in [0.1, 0.15) is 23.4 Å². The number of amides is 1. The van der Waals surface area contributed by atoms with Crippen molar-refractivity contribution < 1.29 is 9.32 Å². The first-order valence-corrected chi connectivity index (χ1v) is 6.68. The molecule has 17 heavy (non-hydrogen) atoms. The first-order chi connectivity index (χ1) is 8.24. The Kier molecular flexibility index (Phi) is 2.92. The molecule has 2 aliphatic rings. The smallest absolute Gasteiger partial charge is 0.292 e. The lowest BCUT2D eigenvalue weighted by molar-refractivity contribution is 0.0627. The molecular weight excluding hydrogens is 286 g/mol. The second-order valence-corrected chi connectivity index (χ2v) is 5.48. The maximum absolute atomic E-state index is 12.1. The second-order valence-electron chi connectivity index (χ2n) is 4.66. The number of rotatable bonds is 1. The normalized spacial score (nSPS) is 28.2. The fourth-order valence-electron chi connectivity index (χ4n) is 2.73. The van der Waals surface area contributed by atoms with Gasteiger partial charge < -0.3 is 14.7 Å². The van der Waals surface area contributed by atoms with Crippen molar-refractivity contribution in [2.75, 3.05) is 19.6 Å². The molecule has 0 aliphatic carbocycles. The Morgan fingerprint density at radius 2 is 2.47 bits per heavy atom. The molecule has 1 N–H and O–H groups in total. The molecule has 0 spiro atoms. The average Bonchev–Trinajstić information content (AvgIpc) is 2.95. The molecule has 3 heterocycles. The highest BCUT2D eigenvalue weighted by Gasteiger charge is 2.35. The van der Waals surface area contributed by atoms with Gasteiger partial charge in [-0.2, -0.15) is 0 Å². The summed E-state index contributed by atoms with van der Waals surface area (Å²) in [5.74, 6) is 0.990. The van der Waals surface area contributed by atoms with Crippen LogP contribution in [-0.2, 0) is 0 Å². The number of hydrogen-bond donors (Lipinski definition) is 1. The quantitative estimate of drug-likeness (QED) is 0.848. The lowest BCUT2D eigenvalue weighted by atomic mass is 9.92. The number of piperidine rings is 1. The molecule has 0 bridgehead atoms. The van der Waals surface area contributed by atoms with Gasteiger partial charge in [-0.3, -0.25) is 4.79 Å². The molecule has 2 fully saturated rings. The molecule has 0 aromatic carbocycles. The molecule has 1 aromatic rings. The van der Waals surface area contributed by atoms with Crippen LogP contribution >= 0.6 is 15.9 Å². The first-order valence-electron chi connectivity index (χ1n) is 5.89. The zero-order valence-electron chi connectivity index (χ0n) is 9.36. The van der Waals surface area contributed by atoms with Gasteiger partial charge in [-0.1, -0.05) is 5.16 Å². The zero-order valence-corrected chi connectivity index (χ0v) is 10.9. The standard InChI is InChI=1S/C11H14BrN3O2/c12-10-5-9(17-14-10)11(16)15-4-2-7-1-3-13-8(7)6-15/h5,7-8,13H,1-4,6H2. The molecule has 6 heteroatoms. The number of carbonyl (C=O) groups excluding carboxylic acids is 1. The number of hydrogen-bond acceptors (Lipinski definition) is 4. The number of halogens is 1. The average molecular weight is 300 g/mol. The Morgan fingerprint density at radius 1 is 1.59 bits per heavy atom. The van der Waals surface area contributed by atoms with Crippen molar-refractivity contribution in [3.8, 4) is 0 Å². The van der Waals surface area contributed by atoms with E-state index in [9.17, 15) is 4.79 Å². The van der Waals surface area contributed by atoms with Crippen molar-refractivity contribution in [2.24, 2.45) is 5.92 Å². The van der Waals surface area contributed by atoms with E-state index in [1.807, 2.05) is 4.90 Å².